The third-order valence-corrected chi connectivity index (χ3v) is 4.20. The monoisotopic (exact) mass is 336 g/mol. The van der Waals surface area contributed by atoms with E-state index in [0.717, 1.165) is 34.8 Å². The number of hydrogen-bond acceptors (Lipinski definition) is 4. The average Bonchev–Trinajstić information content (AvgIpc) is 3.07. The Bertz CT molecular complexity index is 821. The Hall–Kier alpha value is -2.66. The number of benzene rings is 1. The van der Waals surface area contributed by atoms with Gasteiger partial charge in [0.25, 0.3) is 0 Å². The van der Waals surface area contributed by atoms with Crippen LogP contribution in [0.2, 0.25) is 0 Å². The Labute approximate surface area is 148 Å². The minimum atomic E-state index is 0.645. The van der Waals surface area contributed by atoms with Crippen LogP contribution in [0.3, 0.4) is 0 Å². The van der Waals surface area contributed by atoms with Gasteiger partial charge in [0.15, 0.2) is 0 Å². The first-order valence-electron chi connectivity index (χ1n) is 8.57. The molecule has 1 N–H and O–H groups in total. The van der Waals surface area contributed by atoms with E-state index in [-0.39, 0.29) is 0 Å². The summed E-state index contributed by atoms with van der Waals surface area (Å²) in [6.45, 7) is 8.51. The quantitative estimate of drug-likeness (QED) is 0.708. The largest absolute Gasteiger partial charge is 0.438 e. The lowest BCUT2D eigenvalue weighted by Crippen LogP contribution is -2.17. The van der Waals surface area contributed by atoms with Gasteiger partial charge in [0.05, 0.1) is 6.54 Å². The van der Waals surface area contributed by atoms with Gasteiger partial charge < -0.3 is 14.6 Å². The van der Waals surface area contributed by atoms with Crippen LogP contribution in [-0.2, 0) is 19.6 Å². The summed E-state index contributed by atoms with van der Waals surface area (Å²) in [4.78, 5) is 8.81. The lowest BCUT2D eigenvalue weighted by Gasteiger charge is -2.14. The van der Waals surface area contributed by atoms with Gasteiger partial charge in [-0.25, -0.2) is 9.97 Å². The van der Waals surface area contributed by atoms with Crippen molar-refractivity contribution in [3.05, 3.63) is 71.4 Å². The van der Waals surface area contributed by atoms with Gasteiger partial charge in [-0.1, -0.05) is 24.3 Å². The van der Waals surface area contributed by atoms with Crippen LogP contribution >= 0.6 is 0 Å². The van der Waals surface area contributed by atoms with Gasteiger partial charge in [0.2, 0.25) is 5.88 Å². The molecule has 1 aromatic carbocycles. The first kappa shape index (κ1) is 17.2. The molecule has 0 atom stereocenters. The lowest BCUT2D eigenvalue weighted by atomic mass is 10.1. The molecule has 0 radical (unpaired) electrons. The molecule has 5 heteroatoms. The van der Waals surface area contributed by atoms with E-state index in [1.165, 1.54) is 0 Å². The molecule has 5 nitrogen and oxygen atoms in total. The zero-order valence-corrected chi connectivity index (χ0v) is 15.0. The second-order valence-electron chi connectivity index (χ2n) is 6.02. The molecule has 130 valence electrons. The van der Waals surface area contributed by atoms with E-state index in [2.05, 4.69) is 26.8 Å². The third-order valence-electron chi connectivity index (χ3n) is 4.20. The number of aromatic nitrogens is 3. The number of pyridine rings is 1. The number of aryl methyl sites for hydroxylation is 3. The number of rotatable bonds is 7. The molecule has 0 spiro atoms. The normalized spacial score (nSPS) is 10.8. The molecule has 2 aromatic heterocycles. The molecule has 0 bridgehead atoms. The molecule has 3 aromatic rings. The van der Waals surface area contributed by atoms with Crippen molar-refractivity contribution in [2.75, 3.05) is 0 Å². The molecule has 0 aliphatic carbocycles. The number of nitrogens with zero attached hydrogens (tertiary/aromatic N) is 3. The molecule has 25 heavy (non-hydrogen) atoms. The summed E-state index contributed by atoms with van der Waals surface area (Å²) in [6.07, 6.45) is 5.59. The Morgan fingerprint density at radius 1 is 1.00 bits per heavy atom. The minimum absolute atomic E-state index is 0.645. The Balaban J connectivity index is 1.71. The highest BCUT2D eigenvalue weighted by molar-refractivity contribution is 5.43. The van der Waals surface area contributed by atoms with Gasteiger partial charge >= 0.3 is 0 Å². The smallest absolute Gasteiger partial charge is 0.223 e. The summed E-state index contributed by atoms with van der Waals surface area (Å²) in [5.74, 6) is 2.55. The van der Waals surface area contributed by atoms with E-state index >= 15 is 0 Å². The van der Waals surface area contributed by atoms with Crippen molar-refractivity contribution in [1.82, 2.24) is 19.9 Å². The first-order valence-corrected chi connectivity index (χ1v) is 8.57. The van der Waals surface area contributed by atoms with Gasteiger partial charge in [0.1, 0.15) is 11.6 Å². The molecular formula is C20H24N4O. The predicted octanol–water partition coefficient (Wildman–Crippen LogP) is 4.00. The SMILES string of the molecule is CCn1ccnc1CNCc1cccnc1Oc1c(C)cccc1C. The molecule has 0 fully saturated rings. The van der Waals surface area contributed by atoms with Crippen LogP contribution in [0.5, 0.6) is 11.6 Å². The third kappa shape index (κ3) is 4.06. The highest BCUT2D eigenvalue weighted by atomic mass is 16.5. The van der Waals surface area contributed by atoms with Crippen LogP contribution in [0.1, 0.15) is 29.4 Å². The Morgan fingerprint density at radius 2 is 1.80 bits per heavy atom. The summed E-state index contributed by atoms with van der Waals surface area (Å²) >= 11 is 0. The summed E-state index contributed by atoms with van der Waals surface area (Å²) in [5.41, 5.74) is 3.24. The van der Waals surface area contributed by atoms with E-state index in [4.69, 9.17) is 4.74 Å². The van der Waals surface area contributed by atoms with Crippen molar-refractivity contribution in [3.8, 4) is 11.6 Å². The number of nitrogens with one attached hydrogen (secondary N) is 1. The van der Waals surface area contributed by atoms with Crippen molar-refractivity contribution in [2.45, 2.75) is 40.4 Å². The molecular weight excluding hydrogens is 312 g/mol. The van der Waals surface area contributed by atoms with E-state index in [9.17, 15) is 0 Å². The fraction of sp³-hybridized carbons (Fsp3) is 0.300. The fourth-order valence-corrected chi connectivity index (χ4v) is 2.81. The van der Waals surface area contributed by atoms with Gasteiger partial charge in [0, 0.05) is 37.2 Å². The Morgan fingerprint density at radius 3 is 2.56 bits per heavy atom. The molecule has 0 aliphatic rings. The van der Waals surface area contributed by atoms with Crippen molar-refractivity contribution >= 4 is 0 Å². The predicted molar refractivity (Wildman–Crippen MR) is 98.7 cm³/mol. The summed E-state index contributed by atoms with van der Waals surface area (Å²) in [5, 5.41) is 3.43. The second kappa shape index (κ2) is 7.94. The van der Waals surface area contributed by atoms with Gasteiger partial charge in [-0.05, 0) is 38.0 Å². The molecule has 0 amide bonds. The number of ether oxygens (including phenoxy) is 1. The van der Waals surface area contributed by atoms with Crippen molar-refractivity contribution in [2.24, 2.45) is 0 Å². The van der Waals surface area contributed by atoms with Crippen LogP contribution in [0, 0.1) is 13.8 Å². The summed E-state index contributed by atoms with van der Waals surface area (Å²) < 4.78 is 8.26. The summed E-state index contributed by atoms with van der Waals surface area (Å²) in [7, 11) is 0. The topological polar surface area (TPSA) is 52.0 Å². The lowest BCUT2D eigenvalue weighted by molar-refractivity contribution is 0.445. The molecule has 0 unspecified atom stereocenters. The van der Waals surface area contributed by atoms with E-state index in [1.54, 1.807) is 6.20 Å². The van der Waals surface area contributed by atoms with Crippen LogP contribution in [0.4, 0.5) is 0 Å². The zero-order chi connectivity index (χ0) is 17.6. The van der Waals surface area contributed by atoms with E-state index in [0.29, 0.717) is 19.0 Å². The van der Waals surface area contributed by atoms with Gasteiger partial charge in [-0.2, -0.15) is 0 Å². The van der Waals surface area contributed by atoms with E-state index in [1.807, 2.05) is 56.6 Å². The zero-order valence-electron chi connectivity index (χ0n) is 15.0. The molecule has 0 saturated carbocycles. The fourth-order valence-electron chi connectivity index (χ4n) is 2.81. The number of para-hydroxylation sites is 1. The first-order chi connectivity index (χ1) is 12.2. The van der Waals surface area contributed by atoms with Crippen LogP contribution < -0.4 is 10.1 Å². The second-order valence-corrected chi connectivity index (χ2v) is 6.02. The number of imidazole rings is 1. The summed E-state index contributed by atoms with van der Waals surface area (Å²) in [6, 6.07) is 10.1. The van der Waals surface area contributed by atoms with Crippen LogP contribution in [0.15, 0.2) is 48.9 Å². The van der Waals surface area contributed by atoms with Gasteiger partial charge in [-0.3, -0.25) is 0 Å². The Kier molecular flexibility index (Phi) is 5.46. The van der Waals surface area contributed by atoms with Crippen LogP contribution in [-0.4, -0.2) is 14.5 Å². The maximum Gasteiger partial charge on any atom is 0.223 e. The maximum absolute atomic E-state index is 6.13. The van der Waals surface area contributed by atoms with Gasteiger partial charge in [-0.15, -0.1) is 0 Å². The average molecular weight is 336 g/mol. The van der Waals surface area contributed by atoms with Crippen LogP contribution in [0.25, 0.3) is 0 Å². The molecule has 0 saturated heterocycles. The number of hydrogen-bond donors (Lipinski definition) is 1. The highest BCUT2D eigenvalue weighted by Crippen LogP contribution is 2.29. The van der Waals surface area contributed by atoms with Crippen molar-refractivity contribution in [1.29, 1.82) is 0 Å². The molecule has 3 rings (SSSR count). The molecule has 2 heterocycles. The minimum Gasteiger partial charge on any atom is -0.438 e. The van der Waals surface area contributed by atoms with E-state index < -0.39 is 0 Å². The maximum atomic E-state index is 6.13. The van der Waals surface area contributed by atoms with Crippen molar-refractivity contribution in [3.63, 3.8) is 0 Å². The standard InChI is InChI=1S/C20H24N4O/c1-4-24-12-11-22-18(24)14-21-13-17-9-6-10-23-20(17)25-19-15(2)7-5-8-16(19)3/h5-12,21H,4,13-14H2,1-3H3. The molecule has 0 aliphatic heterocycles. The highest BCUT2D eigenvalue weighted by Gasteiger charge is 2.10. The van der Waals surface area contributed by atoms with Crippen molar-refractivity contribution < 1.29 is 4.74 Å².